The number of benzene rings is 1. The van der Waals surface area contributed by atoms with Gasteiger partial charge in [0, 0.05) is 32.7 Å². The molecule has 0 aromatic heterocycles. The average Bonchev–Trinajstić information content (AvgIpc) is 2.37. The number of rotatable bonds is 3. The zero-order chi connectivity index (χ0) is 14.8. The topological polar surface area (TPSA) is 35.5 Å². The molecule has 2 rings (SSSR count). The minimum Gasteiger partial charge on any atom is -0.508 e. The summed E-state index contributed by atoms with van der Waals surface area (Å²) in [4.78, 5) is 2.51. The Morgan fingerprint density at radius 2 is 1.85 bits per heavy atom. The minimum absolute atomic E-state index is 0.0123. The van der Waals surface area contributed by atoms with E-state index in [0.29, 0.717) is 5.75 Å². The van der Waals surface area contributed by atoms with Crippen molar-refractivity contribution in [3.8, 4) is 5.75 Å². The lowest BCUT2D eigenvalue weighted by molar-refractivity contribution is 0.243. The molecule has 3 nitrogen and oxygen atoms in total. The van der Waals surface area contributed by atoms with Crippen LogP contribution in [0.3, 0.4) is 0 Å². The summed E-state index contributed by atoms with van der Waals surface area (Å²) in [6.07, 6.45) is 1.06. The van der Waals surface area contributed by atoms with Crippen LogP contribution in [0.1, 0.15) is 37.5 Å². The zero-order valence-corrected chi connectivity index (χ0v) is 13.3. The van der Waals surface area contributed by atoms with Gasteiger partial charge in [0.05, 0.1) is 0 Å². The van der Waals surface area contributed by atoms with Crippen molar-refractivity contribution < 1.29 is 5.11 Å². The highest BCUT2D eigenvalue weighted by Gasteiger charge is 2.20. The van der Waals surface area contributed by atoms with Gasteiger partial charge in [0.1, 0.15) is 5.75 Å². The Kier molecular flexibility index (Phi) is 4.71. The van der Waals surface area contributed by atoms with Crippen LogP contribution >= 0.6 is 0 Å². The lowest BCUT2D eigenvalue weighted by atomic mass is 9.84. The molecule has 0 unspecified atom stereocenters. The van der Waals surface area contributed by atoms with E-state index in [2.05, 4.69) is 44.0 Å². The van der Waals surface area contributed by atoms with Gasteiger partial charge in [-0.15, -0.1) is 0 Å². The number of nitrogens with zero attached hydrogens (tertiary/aromatic N) is 1. The summed E-state index contributed by atoms with van der Waals surface area (Å²) in [7, 11) is 0. The second-order valence-electron chi connectivity index (χ2n) is 6.89. The number of aryl methyl sites for hydroxylation is 1. The third-order valence-electron chi connectivity index (χ3n) is 4.17. The molecule has 1 saturated heterocycles. The fraction of sp³-hybridized carbons (Fsp3) is 0.647. The molecule has 0 radical (unpaired) electrons. The van der Waals surface area contributed by atoms with E-state index in [1.807, 2.05) is 6.07 Å². The van der Waals surface area contributed by atoms with Crippen molar-refractivity contribution in [2.75, 3.05) is 32.7 Å². The van der Waals surface area contributed by atoms with E-state index in [1.54, 1.807) is 0 Å². The fourth-order valence-corrected chi connectivity index (χ4v) is 2.82. The predicted molar refractivity (Wildman–Crippen MR) is 84.6 cm³/mol. The first-order chi connectivity index (χ1) is 9.38. The first kappa shape index (κ1) is 15.3. The molecule has 1 aromatic carbocycles. The summed E-state index contributed by atoms with van der Waals surface area (Å²) in [6.45, 7) is 14.1. The first-order valence-electron chi connectivity index (χ1n) is 7.64. The summed E-state index contributed by atoms with van der Waals surface area (Å²) in [5.74, 6) is 0.431. The summed E-state index contributed by atoms with van der Waals surface area (Å²) < 4.78 is 0. The summed E-state index contributed by atoms with van der Waals surface area (Å²) in [5.41, 5.74) is 3.61. The SMILES string of the molecule is Cc1cc(O)c(C(C)(C)C)cc1CCN1CCNCC1. The highest BCUT2D eigenvalue weighted by atomic mass is 16.3. The first-order valence-corrected chi connectivity index (χ1v) is 7.64. The molecule has 0 amide bonds. The van der Waals surface area contributed by atoms with Gasteiger partial charge in [-0.25, -0.2) is 0 Å². The number of nitrogens with one attached hydrogen (secondary N) is 1. The number of phenols is 1. The highest BCUT2D eigenvalue weighted by Crippen LogP contribution is 2.33. The third-order valence-corrected chi connectivity index (χ3v) is 4.17. The monoisotopic (exact) mass is 276 g/mol. The Labute approximate surface area is 123 Å². The molecule has 2 N–H and O–H groups in total. The maximum atomic E-state index is 10.1. The summed E-state index contributed by atoms with van der Waals surface area (Å²) in [6, 6.07) is 4.13. The Morgan fingerprint density at radius 1 is 1.20 bits per heavy atom. The standard InChI is InChI=1S/C17H28N2O/c1-13-11-16(20)15(17(2,3)4)12-14(13)5-8-19-9-6-18-7-10-19/h11-12,18,20H,5-10H2,1-4H3. The molecule has 1 aliphatic rings. The van der Waals surface area contributed by atoms with Crippen LogP contribution in [-0.2, 0) is 11.8 Å². The third kappa shape index (κ3) is 3.74. The lowest BCUT2D eigenvalue weighted by Gasteiger charge is -2.28. The van der Waals surface area contributed by atoms with Crippen LogP contribution < -0.4 is 5.32 Å². The number of hydrogen-bond donors (Lipinski definition) is 2. The van der Waals surface area contributed by atoms with Crippen molar-refractivity contribution in [3.05, 3.63) is 28.8 Å². The van der Waals surface area contributed by atoms with Gasteiger partial charge >= 0.3 is 0 Å². The largest absolute Gasteiger partial charge is 0.508 e. The van der Waals surface area contributed by atoms with E-state index in [4.69, 9.17) is 0 Å². The molecule has 1 heterocycles. The fourth-order valence-electron chi connectivity index (χ4n) is 2.82. The Bertz CT molecular complexity index is 457. The zero-order valence-electron chi connectivity index (χ0n) is 13.3. The van der Waals surface area contributed by atoms with E-state index in [-0.39, 0.29) is 5.41 Å². The smallest absolute Gasteiger partial charge is 0.119 e. The van der Waals surface area contributed by atoms with Gasteiger partial charge in [-0.1, -0.05) is 26.8 Å². The van der Waals surface area contributed by atoms with Gasteiger partial charge in [0.25, 0.3) is 0 Å². The normalized spacial score (nSPS) is 17.4. The molecule has 0 atom stereocenters. The van der Waals surface area contributed by atoms with Gasteiger partial charge in [-0.2, -0.15) is 0 Å². The Morgan fingerprint density at radius 3 is 2.45 bits per heavy atom. The van der Waals surface area contributed by atoms with E-state index < -0.39 is 0 Å². The number of piperazine rings is 1. The molecule has 1 aromatic rings. The lowest BCUT2D eigenvalue weighted by Crippen LogP contribution is -2.44. The molecule has 1 fully saturated rings. The van der Waals surface area contributed by atoms with Gasteiger partial charge in [-0.3, -0.25) is 0 Å². The minimum atomic E-state index is -0.0123. The Hall–Kier alpha value is -1.06. The maximum Gasteiger partial charge on any atom is 0.119 e. The van der Waals surface area contributed by atoms with E-state index in [1.165, 1.54) is 11.1 Å². The van der Waals surface area contributed by atoms with Crippen LogP contribution in [0.2, 0.25) is 0 Å². The van der Waals surface area contributed by atoms with Gasteiger partial charge < -0.3 is 15.3 Å². The van der Waals surface area contributed by atoms with Crippen molar-refractivity contribution >= 4 is 0 Å². The molecule has 20 heavy (non-hydrogen) atoms. The number of aromatic hydroxyl groups is 1. The van der Waals surface area contributed by atoms with Crippen LogP contribution in [0, 0.1) is 6.92 Å². The van der Waals surface area contributed by atoms with Crippen molar-refractivity contribution in [1.29, 1.82) is 0 Å². The summed E-state index contributed by atoms with van der Waals surface area (Å²) >= 11 is 0. The van der Waals surface area contributed by atoms with Crippen LogP contribution in [0.25, 0.3) is 0 Å². The average molecular weight is 276 g/mol. The molecule has 0 aliphatic carbocycles. The number of hydrogen-bond acceptors (Lipinski definition) is 3. The van der Waals surface area contributed by atoms with Gasteiger partial charge in [0.15, 0.2) is 0 Å². The highest BCUT2D eigenvalue weighted by molar-refractivity contribution is 5.44. The quantitative estimate of drug-likeness (QED) is 0.890. The predicted octanol–water partition coefficient (Wildman–Crippen LogP) is 2.45. The molecule has 1 aliphatic heterocycles. The Balaban J connectivity index is 2.10. The second-order valence-corrected chi connectivity index (χ2v) is 6.89. The van der Waals surface area contributed by atoms with Crippen molar-refractivity contribution in [2.45, 2.75) is 39.5 Å². The van der Waals surface area contributed by atoms with Crippen molar-refractivity contribution in [1.82, 2.24) is 10.2 Å². The maximum absolute atomic E-state index is 10.1. The molecule has 0 spiro atoms. The van der Waals surface area contributed by atoms with E-state index in [9.17, 15) is 5.11 Å². The van der Waals surface area contributed by atoms with Crippen LogP contribution in [0.4, 0.5) is 0 Å². The molecule has 3 heteroatoms. The molecule has 112 valence electrons. The molecular weight excluding hydrogens is 248 g/mol. The molecular formula is C17H28N2O. The van der Waals surface area contributed by atoms with Crippen LogP contribution in [-0.4, -0.2) is 42.7 Å². The van der Waals surface area contributed by atoms with Gasteiger partial charge in [0.2, 0.25) is 0 Å². The van der Waals surface area contributed by atoms with Crippen LogP contribution in [0.5, 0.6) is 5.75 Å². The van der Waals surface area contributed by atoms with Crippen LogP contribution in [0.15, 0.2) is 12.1 Å². The van der Waals surface area contributed by atoms with Gasteiger partial charge in [-0.05, 0) is 41.5 Å². The van der Waals surface area contributed by atoms with Crippen molar-refractivity contribution in [2.24, 2.45) is 0 Å². The summed E-state index contributed by atoms with van der Waals surface area (Å²) in [5, 5.41) is 13.5. The van der Waals surface area contributed by atoms with E-state index in [0.717, 1.165) is 44.7 Å². The molecule has 0 saturated carbocycles. The molecule has 0 bridgehead atoms. The van der Waals surface area contributed by atoms with E-state index >= 15 is 0 Å². The second kappa shape index (κ2) is 6.15. The number of phenolic OH excluding ortho intramolecular Hbond substituents is 1. The van der Waals surface area contributed by atoms with Crippen molar-refractivity contribution in [3.63, 3.8) is 0 Å².